The summed E-state index contributed by atoms with van der Waals surface area (Å²) in [4.78, 5) is 28.9. The standard InChI is InChI=1S/C22H26ClN3O3/c1-25(2)20(15-6-4-7-17(12-15)29-3)14-24-22(28)18-10-9-16(23)13-19(18)26-11-5-8-21(26)27/h4,6-7,9-10,12-13,20H,5,8,11,14H2,1-3H3,(H,24,28). The Morgan fingerprint density at radius 2 is 2.07 bits per heavy atom. The van der Waals surface area contributed by atoms with Crippen LogP contribution in [0.2, 0.25) is 5.02 Å². The highest BCUT2D eigenvalue weighted by Crippen LogP contribution is 2.29. The average Bonchev–Trinajstić information content (AvgIpc) is 3.13. The highest BCUT2D eigenvalue weighted by Gasteiger charge is 2.26. The van der Waals surface area contributed by atoms with E-state index in [1.165, 1.54) is 0 Å². The predicted octanol–water partition coefficient (Wildman–Crippen LogP) is 3.51. The zero-order chi connectivity index (χ0) is 21.0. The van der Waals surface area contributed by atoms with Gasteiger partial charge in [-0.1, -0.05) is 23.7 Å². The molecule has 6 nitrogen and oxygen atoms in total. The van der Waals surface area contributed by atoms with Crippen LogP contribution in [0, 0.1) is 0 Å². The van der Waals surface area contributed by atoms with Crippen molar-refractivity contribution in [1.29, 1.82) is 0 Å². The van der Waals surface area contributed by atoms with Crippen molar-refractivity contribution in [3.8, 4) is 5.75 Å². The summed E-state index contributed by atoms with van der Waals surface area (Å²) in [6.45, 7) is 1.01. The molecule has 0 spiro atoms. The molecule has 1 aliphatic heterocycles. The van der Waals surface area contributed by atoms with Crippen LogP contribution < -0.4 is 15.0 Å². The van der Waals surface area contributed by atoms with Crippen molar-refractivity contribution in [2.45, 2.75) is 18.9 Å². The molecule has 0 aliphatic carbocycles. The number of nitrogens with one attached hydrogen (secondary N) is 1. The van der Waals surface area contributed by atoms with Crippen LogP contribution in [0.25, 0.3) is 0 Å². The molecule has 2 aromatic carbocycles. The van der Waals surface area contributed by atoms with Gasteiger partial charge in [0.15, 0.2) is 0 Å². The van der Waals surface area contributed by atoms with Crippen LogP contribution in [0.4, 0.5) is 5.69 Å². The highest BCUT2D eigenvalue weighted by molar-refractivity contribution is 6.31. The van der Waals surface area contributed by atoms with E-state index in [9.17, 15) is 9.59 Å². The normalized spacial score (nSPS) is 14.9. The van der Waals surface area contributed by atoms with Gasteiger partial charge in [-0.15, -0.1) is 0 Å². The van der Waals surface area contributed by atoms with E-state index in [0.29, 0.717) is 35.8 Å². The molecule has 0 bridgehead atoms. The quantitative estimate of drug-likeness (QED) is 0.751. The zero-order valence-electron chi connectivity index (χ0n) is 16.9. The number of carbonyl (C=O) groups excluding carboxylic acids is 2. The van der Waals surface area contributed by atoms with Crippen molar-refractivity contribution in [3.63, 3.8) is 0 Å². The minimum Gasteiger partial charge on any atom is -0.497 e. The van der Waals surface area contributed by atoms with E-state index >= 15 is 0 Å². The topological polar surface area (TPSA) is 61.9 Å². The highest BCUT2D eigenvalue weighted by atomic mass is 35.5. The van der Waals surface area contributed by atoms with Gasteiger partial charge < -0.3 is 19.9 Å². The van der Waals surface area contributed by atoms with Gasteiger partial charge in [0.25, 0.3) is 5.91 Å². The molecule has 1 atom stereocenters. The summed E-state index contributed by atoms with van der Waals surface area (Å²) in [5.41, 5.74) is 2.06. The number of hydrogen-bond donors (Lipinski definition) is 1. The van der Waals surface area contributed by atoms with Crippen LogP contribution in [0.3, 0.4) is 0 Å². The van der Waals surface area contributed by atoms with E-state index in [1.807, 2.05) is 43.3 Å². The largest absolute Gasteiger partial charge is 0.497 e. The second kappa shape index (κ2) is 9.29. The van der Waals surface area contributed by atoms with Gasteiger partial charge in [0.05, 0.1) is 24.4 Å². The molecule has 1 N–H and O–H groups in total. The Hall–Kier alpha value is -2.57. The molecule has 3 rings (SSSR count). The third-order valence-corrected chi connectivity index (χ3v) is 5.36. The summed E-state index contributed by atoms with van der Waals surface area (Å²) in [6.07, 6.45) is 1.27. The number of anilines is 1. The number of methoxy groups -OCH3 is 1. The molecule has 0 saturated carbocycles. The Labute approximate surface area is 176 Å². The summed E-state index contributed by atoms with van der Waals surface area (Å²) in [5, 5.41) is 3.51. The molecule has 1 unspecified atom stereocenters. The molecule has 29 heavy (non-hydrogen) atoms. The summed E-state index contributed by atoms with van der Waals surface area (Å²) in [7, 11) is 5.56. The number of benzene rings is 2. The van der Waals surface area contributed by atoms with E-state index < -0.39 is 0 Å². The number of nitrogens with zero attached hydrogens (tertiary/aromatic N) is 2. The Morgan fingerprint density at radius 3 is 2.72 bits per heavy atom. The Kier molecular flexibility index (Phi) is 6.77. The molecule has 2 aromatic rings. The van der Waals surface area contributed by atoms with Crippen molar-refractivity contribution in [1.82, 2.24) is 10.2 Å². The van der Waals surface area contributed by atoms with Crippen LogP contribution in [0.1, 0.15) is 34.8 Å². The van der Waals surface area contributed by atoms with Gasteiger partial charge in [-0.25, -0.2) is 0 Å². The third kappa shape index (κ3) is 4.89. The number of ether oxygens (including phenoxy) is 1. The van der Waals surface area contributed by atoms with E-state index in [2.05, 4.69) is 5.32 Å². The average molecular weight is 416 g/mol. The number of likely N-dealkylation sites (N-methyl/N-ethyl adjacent to an activating group) is 1. The Morgan fingerprint density at radius 1 is 1.28 bits per heavy atom. The van der Waals surface area contributed by atoms with Gasteiger partial charge >= 0.3 is 0 Å². The van der Waals surface area contributed by atoms with E-state index in [4.69, 9.17) is 16.3 Å². The smallest absolute Gasteiger partial charge is 0.253 e. The van der Waals surface area contributed by atoms with Gasteiger partial charge in [0.2, 0.25) is 5.91 Å². The fraction of sp³-hybridized carbons (Fsp3) is 0.364. The second-order valence-corrected chi connectivity index (χ2v) is 7.71. The van der Waals surface area contributed by atoms with Crippen LogP contribution in [-0.2, 0) is 4.79 Å². The molecule has 7 heteroatoms. The molecule has 1 fully saturated rings. The first-order valence-electron chi connectivity index (χ1n) is 9.59. The lowest BCUT2D eigenvalue weighted by molar-refractivity contribution is -0.117. The van der Waals surface area contributed by atoms with Crippen LogP contribution in [0.5, 0.6) is 5.75 Å². The monoisotopic (exact) mass is 415 g/mol. The number of rotatable bonds is 7. The number of hydrogen-bond acceptors (Lipinski definition) is 4. The lowest BCUT2D eigenvalue weighted by Gasteiger charge is -2.26. The maximum absolute atomic E-state index is 13.0. The molecule has 1 saturated heterocycles. The fourth-order valence-corrected chi connectivity index (χ4v) is 3.72. The maximum atomic E-state index is 13.0. The summed E-state index contributed by atoms with van der Waals surface area (Å²) in [6, 6.07) is 12.8. The molecule has 0 radical (unpaired) electrons. The van der Waals surface area contributed by atoms with Crippen molar-refractivity contribution >= 4 is 29.1 Å². The summed E-state index contributed by atoms with van der Waals surface area (Å²) in [5.74, 6) is 0.559. The van der Waals surface area contributed by atoms with Crippen LogP contribution in [0.15, 0.2) is 42.5 Å². The Balaban J connectivity index is 1.79. The van der Waals surface area contributed by atoms with Gasteiger partial charge in [0, 0.05) is 24.5 Å². The summed E-state index contributed by atoms with van der Waals surface area (Å²) >= 11 is 6.14. The van der Waals surface area contributed by atoms with Crippen molar-refractivity contribution in [2.75, 3.05) is 39.2 Å². The second-order valence-electron chi connectivity index (χ2n) is 7.28. The molecule has 1 heterocycles. The van der Waals surface area contributed by atoms with Crippen molar-refractivity contribution < 1.29 is 14.3 Å². The van der Waals surface area contributed by atoms with Crippen LogP contribution >= 0.6 is 11.6 Å². The first-order valence-corrected chi connectivity index (χ1v) is 9.97. The number of carbonyl (C=O) groups is 2. The first-order chi connectivity index (χ1) is 13.9. The minimum atomic E-state index is -0.230. The van der Waals surface area contributed by atoms with Gasteiger partial charge in [-0.05, 0) is 56.4 Å². The van der Waals surface area contributed by atoms with Gasteiger partial charge in [-0.2, -0.15) is 0 Å². The van der Waals surface area contributed by atoms with Gasteiger partial charge in [0.1, 0.15) is 5.75 Å². The van der Waals surface area contributed by atoms with E-state index in [-0.39, 0.29) is 17.9 Å². The van der Waals surface area contributed by atoms with Gasteiger partial charge in [-0.3, -0.25) is 9.59 Å². The first kappa shape index (κ1) is 21.1. The number of amides is 2. The molecular weight excluding hydrogens is 390 g/mol. The Bertz CT molecular complexity index is 901. The molecule has 2 amide bonds. The molecular formula is C22H26ClN3O3. The van der Waals surface area contributed by atoms with Crippen molar-refractivity contribution in [3.05, 3.63) is 58.6 Å². The molecule has 154 valence electrons. The number of halogens is 1. The van der Waals surface area contributed by atoms with E-state index in [0.717, 1.165) is 17.7 Å². The SMILES string of the molecule is COc1cccc(C(CNC(=O)c2ccc(Cl)cc2N2CCCC2=O)N(C)C)c1. The zero-order valence-corrected chi connectivity index (χ0v) is 17.7. The predicted molar refractivity (Wildman–Crippen MR) is 115 cm³/mol. The summed E-state index contributed by atoms with van der Waals surface area (Å²) < 4.78 is 5.32. The lowest BCUT2D eigenvalue weighted by Crippen LogP contribution is -2.35. The van der Waals surface area contributed by atoms with Crippen LogP contribution in [-0.4, -0.2) is 51.0 Å². The lowest BCUT2D eigenvalue weighted by atomic mass is 10.0. The van der Waals surface area contributed by atoms with Crippen molar-refractivity contribution in [2.24, 2.45) is 0 Å². The third-order valence-electron chi connectivity index (χ3n) is 5.13. The minimum absolute atomic E-state index is 0.0175. The maximum Gasteiger partial charge on any atom is 0.253 e. The molecule has 1 aliphatic rings. The van der Waals surface area contributed by atoms with E-state index in [1.54, 1.807) is 30.2 Å². The fourth-order valence-electron chi connectivity index (χ4n) is 3.55. The molecule has 0 aromatic heterocycles.